The van der Waals surface area contributed by atoms with E-state index in [4.69, 9.17) is 28.6 Å². The summed E-state index contributed by atoms with van der Waals surface area (Å²) in [5, 5.41) is 3.99. The molecule has 0 bridgehead atoms. The summed E-state index contributed by atoms with van der Waals surface area (Å²) in [5.41, 5.74) is 2.28. The first-order valence-electron chi connectivity index (χ1n) is 7.31. The van der Waals surface area contributed by atoms with Crippen LogP contribution in [-0.2, 0) is 11.4 Å². The average molecular weight is 359 g/mol. The second-order valence-electron chi connectivity index (χ2n) is 5.30. The fourth-order valence-electron chi connectivity index (χ4n) is 2.23. The van der Waals surface area contributed by atoms with Gasteiger partial charge in [-0.15, -0.1) is 0 Å². The molecule has 1 aliphatic heterocycles. The lowest BCUT2D eigenvalue weighted by Gasteiger charge is -2.08. The molecule has 0 radical (unpaired) electrons. The molecule has 1 aliphatic rings. The number of nitrogens with one attached hydrogen (secondary N) is 1. The summed E-state index contributed by atoms with van der Waals surface area (Å²) < 4.78 is 5.74. The fraction of sp³-hybridized carbons (Fsp3) is 0.111. The van der Waals surface area contributed by atoms with Crippen molar-refractivity contribution in [1.82, 2.24) is 10.2 Å². The van der Waals surface area contributed by atoms with Crippen LogP contribution in [0.15, 0.2) is 54.2 Å². The Labute approximate surface area is 150 Å². The maximum Gasteiger partial charge on any atom is 0.276 e. The van der Waals surface area contributed by atoms with Crippen LogP contribution < -0.4 is 10.1 Å². The molecule has 122 valence electrons. The third kappa shape index (κ3) is 3.58. The number of hydrogen-bond acceptors (Lipinski definition) is 3. The van der Waals surface area contributed by atoms with Crippen molar-refractivity contribution in [3.63, 3.8) is 0 Å². The quantitative estimate of drug-likeness (QED) is 0.669. The third-order valence-corrected chi connectivity index (χ3v) is 4.37. The van der Waals surface area contributed by atoms with Crippen molar-refractivity contribution in [3.8, 4) is 5.75 Å². The van der Waals surface area contributed by atoms with Crippen LogP contribution in [0.3, 0.4) is 0 Å². The molecular weight excluding hydrogens is 344 g/mol. The highest BCUT2D eigenvalue weighted by Gasteiger charge is 2.26. The van der Waals surface area contributed by atoms with Crippen molar-refractivity contribution in [2.45, 2.75) is 6.61 Å². The highest BCUT2D eigenvalue weighted by Crippen LogP contribution is 2.20. The first kappa shape index (κ1) is 16.5. The highest BCUT2D eigenvalue weighted by molar-refractivity contribution is 7.80. The third-order valence-electron chi connectivity index (χ3n) is 3.62. The van der Waals surface area contributed by atoms with Gasteiger partial charge < -0.3 is 10.1 Å². The van der Waals surface area contributed by atoms with Gasteiger partial charge in [-0.1, -0.05) is 41.9 Å². The van der Waals surface area contributed by atoms with E-state index in [1.54, 1.807) is 13.1 Å². The van der Waals surface area contributed by atoms with Gasteiger partial charge in [-0.25, -0.2) is 0 Å². The summed E-state index contributed by atoms with van der Waals surface area (Å²) in [6, 6.07) is 15.0. The number of amides is 1. The van der Waals surface area contributed by atoms with Crippen molar-refractivity contribution in [3.05, 3.63) is 70.4 Å². The molecule has 1 fully saturated rings. The van der Waals surface area contributed by atoms with Gasteiger partial charge in [0.25, 0.3) is 5.91 Å². The average Bonchev–Trinajstić information content (AvgIpc) is 2.82. The molecule has 4 nitrogen and oxygen atoms in total. The van der Waals surface area contributed by atoms with Gasteiger partial charge in [0.05, 0.1) is 0 Å². The number of benzene rings is 2. The number of carbonyl (C=O) groups is 1. The lowest BCUT2D eigenvalue weighted by Crippen LogP contribution is -2.25. The molecule has 2 aromatic rings. The highest BCUT2D eigenvalue weighted by atomic mass is 35.5. The molecule has 0 aromatic heterocycles. The van der Waals surface area contributed by atoms with Crippen LogP contribution in [0, 0.1) is 0 Å². The van der Waals surface area contributed by atoms with Crippen molar-refractivity contribution in [1.29, 1.82) is 0 Å². The van der Waals surface area contributed by atoms with Crippen LogP contribution in [0.2, 0.25) is 5.02 Å². The Morgan fingerprint density at radius 3 is 2.54 bits per heavy atom. The second kappa shape index (κ2) is 7.03. The maximum atomic E-state index is 11.9. The molecule has 2 aromatic carbocycles. The van der Waals surface area contributed by atoms with Gasteiger partial charge >= 0.3 is 0 Å². The summed E-state index contributed by atoms with van der Waals surface area (Å²) in [6.07, 6.45) is 1.76. The summed E-state index contributed by atoms with van der Waals surface area (Å²) in [6.45, 7) is 0.402. The van der Waals surface area contributed by atoms with Gasteiger partial charge in [-0.2, -0.15) is 0 Å². The van der Waals surface area contributed by atoms with Crippen molar-refractivity contribution >= 4 is 40.9 Å². The van der Waals surface area contributed by atoms with Crippen LogP contribution in [0.25, 0.3) is 6.08 Å². The molecule has 0 spiro atoms. The van der Waals surface area contributed by atoms with Crippen molar-refractivity contribution in [2.24, 2.45) is 0 Å². The van der Waals surface area contributed by atoms with Gasteiger partial charge in [0.1, 0.15) is 18.1 Å². The second-order valence-corrected chi connectivity index (χ2v) is 6.10. The number of ether oxygens (including phenoxy) is 1. The van der Waals surface area contributed by atoms with Crippen LogP contribution >= 0.6 is 23.8 Å². The Kier molecular flexibility index (Phi) is 4.83. The molecule has 0 saturated carbocycles. The van der Waals surface area contributed by atoms with Crippen molar-refractivity contribution in [2.75, 3.05) is 7.05 Å². The monoisotopic (exact) mass is 358 g/mol. The van der Waals surface area contributed by atoms with Crippen molar-refractivity contribution < 1.29 is 9.53 Å². The molecule has 3 rings (SSSR count). The first-order chi connectivity index (χ1) is 11.5. The topological polar surface area (TPSA) is 41.6 Å². The Bertz CT molecular complexity index is 818. The normalized spacial score (nSPS) is 15.8. The van der Waals surface area contributed by atoms with E-state index in [1.165, 1.54) is 4.90 Å². The molecule has 24 heavy (non-hydrogen) atoms. The molecular formula is C18H15ClN2O2S. The zero-order valence-electron chi connectivity index (χ0n) is 13.0. The zero-order valence-corrected chi connectivity index (χ0v) is 14.5. The van der Waals surface area contributed by atoms with E-state index in [1.807, 2.05) is 48.5 Å². The molecule has 0 aliphatic carbocycles. The minimum absolute atomic E-state index is 0.140. The van der Waals surface area contributed by atoms with E-state index in [-0.39, 0.29) is 5.91 Å². The predicted octanol–water partition coefficient (Wildman–Crippen LogP) is 3.61. The van der Waals surface area contributed by atoms with Gasteiger partial charge in [0.15, 0.2) is 5.11 Å². The number of hydrogen-bond donors (Lipinski definition) is 1. The lowest BCUT2D eigenvalue weighted by atomic mass is 10.2. The first-order valence-corrected chi connectivity index (χ1v) is 8.10. The summed E-state index contributed by atoms with van der Waals surface area (Å²) >= 11 is 11.2. The Morgan fingerprint density at radius 2 is 1.92 bits per heavy atom. The molecule has 1 heterocycles. The molecule has 6 heteroatoms. The molecule has 1 amide bonds. The standard InChI is InChI=1S/C18H15ClN2O2S/c1-21-17(22)16(20-18(21)24)10-12-6-8-14(9-7-12)23-11-13-4-2-3-5-15(13)19/h2-10H,11H2,1H3,(H,20,24)/b16-10+. The fourth-order valence-corrected chi connectivity index (χ4v) is 2.61. The Morgan fingerprint density at radius 1 is 1.21 bits per heavy atom. The van der Waals surface area contributed by atoms with Crippen LogP contribution in [0.1, 0.15) is 11.1 Å². The number of halogens is 1. The van der Waals surface area contributed by atoms with Crippen LogP contribution in [-0.4, -0.2) is 23.0 Å². The number of nitrogens with zero attached hydrogens (tertiary/aromatic N) is 1. The predicted molar refractivity (Wildman–Crippen MR) is 98.7 cm³/mol. The van der Waals surface area contributed by atoms with Crippen LogP contribution in [0.4, 0.5) is 0 Å². The lowest BCUT2D eigenvalue weighted by molar-refractivity contribution is -0.121. The number of likely N-dealkylation sites (N-methyl/N-ethyl adjacent to an activating group) is 1. The Hall–Kier alpha value is -2.37. The van der Waals surface area contributed by atoms with E-state index >= 15 is 0 Å². The van der Waals surface area contributed by atoms with Gasteiger partial charge in [0.2, 0.25) is 0 Å². The van der Waals surface area contributed by atoms with Gasteiger partial charge in [-0.05, 0) is 42.1 Å². The van der Waals surface area contributed by atoms with E-state index in [0.29, 0.717) is 22.4 Å². The number of carbonyl (C=O) groups excluding carboxylic acids is 1. The number of rotatable bonds is 4. The largest absolute Gasteiger partial charge is 0.489 e. The van der Waals surface area contributed by atoms with E-state index in [2.05, 4.69) is 5.32 Å². The van der Waals surface area contributed by atoms with Gasteiger partial charge in [0, 0.05) is 17.6 Å². The minimum Gasteiger partial charge on any atom is -0.489 e. The van der Waals surface area contributed by atoms with E-state index in [0.717, 1.165) is 16.9 Å². The van der Waals surface area contributed by atoms with Crippen LogP contribution in [0.5, 0.6) is 5.75 Å². The smallest absolute Gasteiger partial charge is 0.276 e. The van der Waals surface area contributed by atoms with E-state index in [9.17, 15) is 4.79 Å². The summed E-state index contributed by atoms with van der Waals surface area (Å²) in [4.78, 5) is 13.4. The summed E-state index contributed by atoms with van der Waals surface area (Å²) in [7, 11) is 1.64. The maximum absolute atomic E-state index is 11.9. The summed E-state index contributed by atoms with van der Waals surface area (Å²) in [5.74, 6) is 0.592. The number of thiocarbonyl (C=S) groups is 1. The SMILES string of the molecule is CN1C(=O)/C(=C\c2ccc(OCc3ccccc3Cl)cc2)NC1=S. The molecule has 1 saturated heterocycles. The molecule has 0 atom stereocenters. The van der Waals surface area contributed by atoms with E-state index < -0.39 is 0 Å². The Balaban J connectivity index is 1.67. The zero-order chi connectivity index (χ0) is 17.1. The minimum atomic E-state index is -0.140. The van der Waals surface area contributed by atoms with Gasteiger partial charge in [-0.3, -0.25) is 9.69 Å². The molecule has 0 unspecified atom stereocenters. The molecule has 1 N–H and O–H groups in total.